The van der Waals surface area contributed by atoms with E-state index in [1.165, 1.54) is 7.11 Å². The van der Waals surface area contributed by atoms with Crippen molar-refractivity contribution >= 4 is 22.7 Å². The summed E-state index contributed by atoms with van der Waals surface area (Å²) in [5.74, 6) is -0.785. The van der Waals surface area contributed by atoms with Gasteiger partial charge in [-0.1, -0.05) is 38.5 Å². The van der Waals surface area contributed by atoms with Crippen LogP contribution in [0.5, 0.6) is 0 Å². The van der Waals surface area contributed by atoms with Gasteiger partial charge in [-0.3, -0.25) is 9.59 Å². The molecule has 1 rings (SSSR count). The second-order valence-corrected chi connectivity index (χ2v) is 7.86. The number of esters is 1. The molecule has 2 atom stereocenters. The molecule has 0 fully saturated rings. The van der Waals surface area contributed by atoms with E-state index < -0.39 is 17.0 Å². The molecule has 0 saturated carbocycles. The lowest BCUT2D eigenvalue weighted by molar-refractivity contribution is -0.143. The minimum absolute atomic E-state index is 0.121. The van der Waals surface area contributed by atoms with Gasteiger partial charge in [0, 0.05) is 12.5 Å². The zero-order chi connectivity index (χ0) is 17.6. The monoisotopic (exact) mass is 339 g/mol. The molecule has 0 spiro atoms. The number of hydrogen-bond acceptors (Lipinski definition) is 4. The summed E-state index contributed by atoms with van der Waals surface area (Å²) in [6.07, 6.45) is -0.141. The first-order valence-corrected chi connectivity index (χ1v) is 8.61. The van der Waals surface area contributed by atoms with E-state index in [1.807, 2.05) is 39.8 Å². The van der Waals surface area contributed by atoms with E-state index in [4.69, 9.17) is 0 Å². The molecular formula is C17H25NO4S. The van der Waals surface area contributed by atoms with Crippen LogP contribution in [-0.4, -0.2) is 29.1 Å². The first-order valence-electron chi connectivity index (χ1n) is 7.46. The summed E-state index contributed by atoms with van der Waals surface area (Å²) >= 11 is 0. The van der Waals surface area contributed by atoms with E-state index >= 15 is 0 Å². The average molecular weight is 339 g/mol. The lowest BCUT2D eigenvalue weighted by Crippen LogP contribution is -2.43. The first-order chi connectivity index (χ1) is 10.6. The Morgan fingerprint density at radius 3 is 2.26 bits per heavy atom. The smallest absolute Gasteiger partial charge is 0.313 e. The Balaban J connectivity index is 2.79. The number of nitrogens with one attached hydrogen (secondary N) is 1. The highest BCUT2D eigenvalue weighted by molar-refractivity contribution is 7.83. The number of carbonyl (C=O) groups is 2. The Morgan fingerprint density at radius 2 is 1.78 bits per heavy atom. The molecule has 1 aromatic rings. The molecule has 6 heteroatoms. The van der Waals surface area contributed by atoms with Crippen molar-refractivity contribution in [2.45, 2.75) is 51.5 Å². The molecule has 0 heterocycles. The van der Waals surface area contributed by atoms with Crippen LogP contribution < -0.4 is 4.72 Å². The first kappa shape index (κ1) is 19.5. The number of hydrogen-bond donors (Lipinski definition) is 1. The number of ether oxygens (including phenoxy) is 1. The Labute approximate surface area is 140 Å². The van der Waals surface area contributed by atoms with Gasteiger partial charge in [-0.25, -0.2) is 8.93 Å². The predicted octanol–water partition coefficient (Wildman–Crippen LogP) is 2.54. The molecule has 0 radical (unpaired) electrons. The fourth-order valence-electron chi connectivity index (χ4n) is 1.92. The predicted molar refractivity (Wildman–Crippen MR) is 90.2 cm³/mol. The van der Waals surface area contributed by atoms with Crippen LogP contribution in [0.4, 0.5) is 0 Å². The molecule has 0 bridgehead atoms. The third kappa shape index (κ3) is 6.62. The highest BCUT2D eigenvalue weighted by Gasteiger charge is 2.29. The van der Waals surface area contributed by atoms with Gasteiger partial charge >= 0.3 is 5.97 Å². The van der Waals surface area contributed by atoms with Gasteiger partial charge in [-0.15, -0.1) is 0 Å². The Bertz CT molecular complexity index is 575. The topological polar surface area (TPSA) is 72.5 Å². The molecule has 0 saturated heterocycles. The summed E-state index contributed by atoms with van der Waals surface area (Å²) in [5.41, 5.74) is 0.804. The molecule has 1 aromatic carbocycles. The van der Waals surface area contributed by atoms with E-state index in [-0.39, 0.29) is 30.1 Å². The van der Waals surface area contributed by atoms with Gasteiger partial charge in [0.25, 0.3) is 0 Å². The van der Waals surface area contributed by atoms with Crippen molar-refractivity contribution in [3.8, 4) is 0 Å². The normalized spacial score (nSPS) is 14.1. The maximum atomic E-state index is 12.5. The molecule has 1 N–H and O–H groups in total. The Morgan fingerprint density at radius 1 is 1.22 bits per heavy atom. The number of carbonyl (C=O) groups excluding carboxylic acids is 2. The van der Waals surface area contributed by atoms with Crippen LogP contribution in [0.25, 0.3) is 0 Å². The fraction of sp³-hybridized carbons (Fsp3) is 0.529. The zero-order valence-corrected chi connectivity index (χ0v) is 15.2. The van der Waals surface area contributed by atoms with Crippen LogP contribution in [0.1, 0.15) is 39.2 Å². The van der Waals surface area contributed by atoms with Crippen LogP contribution in [0.3, 0.4) is 0 Å². The molecular weight excluding hydrogens is 314 g/mol. The van der Waals surface area contributed by atoms with Gasteiger partial charge in [0.05, 0.1) is 12.0 Å². The molecule has 0 aliphatic heterocycles. The second-order valence-electron chi connectivity index (χ2n) is 6.61. The minimum Gasteiger partial charge on any atom is -0.469 e. The van der Waals surface area contributed by atoms with Crippen molar-refractivity contribution in [2.24, 2.45) is 5.41 Å². The highest BCUT2D eigenvalue weighted by Crippen LogP contribution is 2.24. The summed E-state index contributed by atoms with van der Waals surface area (Å²) < 4.78 is 20.0. The van der Waals surface area contributed by atoms with E-state index in [0.717, 1.165) is 5.56 Å². The second kappa shape index (κ2) is 8.36. The lowest BCUT2D eigenvalue weighted by atomic mass is 9.84. The standard InChI is InChI=1S/C17H25NO4S/c1-12-6-8-14(9-7-12)23(21)18-15(17(2,3)4)10-13(19)11-16(20)22-5/h6-9,15,18H,10-11H2,1-5H3/t15-,23+/m1/s1. The Hall–Kier alpha value is -1.53. The molecule has 0 aliphatic carbocycles. The largest absolute Gasteiger partial charge is 0.469 e. The maximum absolute atomic E-state index is 12.5. The zero-order valence-electron chi connectivity index (χ0n) is 14.3. The summed E-state index contributed by atoms with van der Waals surface area (Å²) in [7, 11) is -0.166. The van der Waals surface area contributed by atoms with Crippen molar-refractivity contribution < 1.29 is 18.5 Å². The number of Topliss-reactive ketones (excluding diaryl/α,β-unsaturated/α-hetero) is 1. The number of ketones is 1. The minimum atomic E-state index is -1.42. The van der Waals surface area contributed by atoms with E-state index in [9.17, 15) is 13.8 Å². The van der Waals surface area contributed by atoms with Crippen molar-refractivity contribution in [3.63, 3.8) is 0 Å². The molecule has 0 unspecified atom stereocenters. The van der Waals surface area contributed by atoms with Gasteiger partial charge in [-0.2, -0.15) is 0 Å². The highest BCUT2D eigenvalue weighted by atomic mass is 32.2. The molecule has 128 valence electrons. The van der Waals surface area contributed by atoms with Crippen molar-refractivity contribution in [1.82, 2.24) is 4.72 Å². The molecule has 0 aromatic heterocycles. The summed E-state index contributed by atoms with van der Waals surface area (Å²) in [5, 5.41) is 0. The maximum Gasteiger partial charge on any atom is 0.313 e. The molecule has 5 nitrogen and oxygen atoms in total. The van der Waals surface area contributed by atoms with Gasteiger partial charge in [0.2, 0.25) is 0 Å². The Kier molecular flexibility index (Phi) is 7.09. The number of benzene rings is 1. The van der Waals surface area contributed by atoms with E-state index in [0.29, 0.717) is 4.90 Å². The van der Waals surface area contributed by atoms with Crippen LogP contribution in [0, 0.1) is 12.3 Å². The number of aryl methyl sites for hydroxylation is 1. The quantitative estimate of drug-likeness (QED) is 0.612. The average Bonchev–Trinajstić information content (AvgIpc) is 2.45. The summed E-state index contributed by atoms with van der Waals surface area (Å²) in [6.45, 7) is 7.84. The molecule has 23 heavy (non-hydrogen) atoms. The SMILES string of the molecule is COC(=O)CC(=O)C[C@@H](N[S@@](=O)c1ccc(C)cc1)C(C)(C)C. The van der Waals surface area contributed by atoms with E-state index in [1.54, 1.807) is 12.1 Å². The van der Waals surface area contributed by atoms with Gasteiger partial charge < -0.3 is 4.74 Å². The van der Waals surface area contributed by atoms with Crippen LogP contribution in [-0.2, 0) is 25.3 Å². The summed E-state index contributed by atoms with van der Waals surface area (Å²) in [6, 6.07) is 7.07. The van der Waals surface area contributed by atoms with Crippen LogP contribution in [0.15, 0.2) is 29.2 Å². The molecule has 0 amide bonds. The fourth-order valence-corrected chi connectivity index (χ4v) is 3.13. The molecule has 0 aliphatic rings. The summed E-state index contributed by atoms with van der Waals surface area (Å²) in [4.78, 5) is 23.9. The van der Waals surface area contributed by atoms with Gasteiger partial charge in [0.15, 0.2) is 0 Å². The van der Waals surface area contributed by atoms with Gasteiger partial charge in [0.1, 0.15) is 23.2 Å². The van der Waals surface area contributed by atoms with Crippen LogP contribution >= 0.6 is 0 Å². The van der Waals surface area contributed by atoms with Crippen molar-refractivity contribution in [1.29, 1.82) is 0 Å². The van der Waals surface area contributed by atoms with Crippen LogP contribution in [0.2, 0.25) is 0 Å². The van der Waals surface area contributed by atoms with Crippen molar-refractivity contribution in [3.05, 3.63) is 29.8 Å². The van der Waals surface area contributed by atoms with Crippen molar-refractivity contribution in [2.75, 3.05) is 7.11 Å². The lowest BCUT2D eigenvalue weighted by Gasteiger charge is -2.30. The number of methoxy groups -OCH3 is 1. The van der Waals surface area contributed by atoms with E-state index in [2.05, 4.69) is 9.46 Å². The van der Waals surface area contributed by atoms with Gasteiger partial charge in [-0.05, 0) is 24.5 Å². The number of rotatable bonds is 7. The third-order valence-electron chi connectivity index (χ3n) is 3.53. The third-order valence-corrected chi connectivity index (χ3v) is 4.73.